The van der Waals surface area contributed by atoms with Gasteiger partial charge in [-0.2, -0.15) is 0 Å². The van der Waals surface area contributed by atoms with E-state index >= 15 is 0 Å². The molecule has 1 fully saturated rings. The van der Waals surface area contributed by atoms with Crippen LogP contribution in [0.25, 0.3) is 0 Å². The van der Waals surface area contributed by atoms with Gasteiger partial charge in [0.1, 0.15) is 5.69 Å². The average molecular weight is 223 g/mol. The van der Waals surface area contributed by atoms with Crippen molar-refractivity contribution in [1.29, 1.82) is 0 Å². The van der Waals surface area contributed by atoms with Gasteiger partial charge in [-0.3, -0.25) is 10.2 Å². The molecule has 1 amide bonds. The Morgan fingerprint density at radius 2 is 2.12 bits per heavy atom. The molecule has 0 bridgehead atoms. The monoisotopic (exact) mass is 223 g/mol. The molecule has 4 N–H and O–H groups in total. The van der Waals surface area contributed by atoms with Crippen molar-refractivity contribution in [1.82, 2.24) is 20.3 Å². The quantitative estimate of drug-likeness (QED) is 0.631. The summed E-state index contributed by atoms with van der Waals surface area (Å²) in [5.74, 6) is -0.138. The molecule has 0 atom stereocenters. The SMILES string of the molecule is CN1CCN(NC(=O)c2cc(N)c[nH]2)CC1. The van der Waals surface area contributed by atoms with Crippen LogP contribution < -0.4 is 11.2 Å². The van der Waals surface area contributed by atoms with Gasteiger partial charge in [-0.05, 0) is 13.1 Å². The Balaban J connectivity index is 1.88. The number of anilines is 1. The summed E-state index contributed by atoms with van der Waals surface area (Å²) < 4.78 is 0. The predicted molar refractivity (Wildman–Crippen MR) is 61.7 cm³/mol. The van der Waals surface area contributed by atoms with Gasteiger partial charge < -0.3 is 15.6 Å². The first-order valence-corrected chi connectivity index (χ1v) is 5.33. The van der Waals surface area contributed by atoms with E-state index in [1.165, 1.54) is 0 Å². The number of aromatic nitrogens is 1. The van der Waals surface area contributed by atoms with E-state index < -0.39 is 0 Å². The predicted octanol–water partition coefficient (Wildman–Crippen LogP) is -0.511. The molecule has 0 unspecified atom stereocenters. The fourth-order valence-corrected chi connectivity index (χ4v) is 1.66. The molecule has 1 aliphatic rings. The third kappa shape index (κ3) is 2.53. The molecule has 1 aromatic heterocycles. The van der Waals surface area contributed by atoms with Crippen LogP contribution in [0, 0.1) is 0 Å². The van der Waals surface area contributed by atoms with E-state index in [4.69, 9.17) is 5.73 Å². The second kappa shape index (κ2) is 4.54. The number of carbonyl (C=O) groups excluding carboxylic acids is 1. The van der Waals surface area contributed by atoms with E-state index in [9.17, 15) is 4.79 Å². The number of rotatable bonds is 2. The highest BCUT2D eigenvalue weighted by Gasteiger charge is 2.16. The zero-order valence-corrected chi connectivity index (χ0v) is 9.36. The Labute approximate surface area is 94.4 Å². The number of amides is 1. The molecular weight excluding hydrogens is 206 g/mol. The molecule has 88 valence electrons. The number of carbonyl (C=O) groups is 1. The van der Waals surface area contributed by atoms with E-state index in [-0.39, 0.29) is 5.91 Å². The van der Waals surface area contributed by atoms with E-state index in [0.717, 1.165) is 26.2 Å². The van der Waals surface area contributed by atoms with Gasteiger partial charge in [0, 0.05) is 38.1 Å². The molecule has 6 heteroatoms. The zero-order chi connectivity index (χ0) is 11.5. The third-order valence-electron chi connectivity index (χ3n) is 2.71. The lowest BCUT2D eigenvalue weighted by molar-refractivity contribution is 0.0658. The van der Waals surface area contributed by atoms with Gasteiger partial charge in [-0.1, -0.05) is 0 Å². The van der Waals surface area contributed by atoms with Crippen molar-refractivity contribution in [3.63, 3.8) is 0 Å². The van der Waals surface area contributed by atoms with Crippen LogP contribution in [0.1, 0.15) is 10.5 Å². The van der Waals surface area contributed by atoms with Crippen LogP contribution in [0.15, 0.2) is 12.3 Å². The molecule has 1 saturated heterocycles. The molecule has 1 aliphatic heterocycles. The average Bonchev–Trinajstić information content (AvgIpc) is 2.68. The number of hydrogen-bond donors (Lipinski definition) is 3. The number of nitrogen functional groups attached to an aromatic ring is 1. The highest BCUT2D eigenvalue weighted by molar-refractivity contribution is 5.93. The molecule has 2 rings (SSSR count). The van der Waals surface area contributed by atoms with E-state index in [1.54, 1.807) is 12.3 Å². The highest BCUT2D eigenvalue weighted by Crippen LogP contribution is 2.05. The minimum Gasteiger partial charge on any atom is -0.397 e. The number of hydrogen-bond acceptors (Lipinski definition) is 4. The molecule has 0 aromatic carbocycles. The van der Waals surface area contributed by atoms with E-state index in [2.05, 4.69) is 22.4 Å². The van der Waals surface area contributed by atoms with E-state index in [0.29, 0.717) is 11.4 Å². The molecule has 0 saturated carbocycles. The molecule has 1 aromatic rings. The van der Waals surface area contributed by atoms with Crippen LogP contribution >= 0.6 is 0 Å². The van der Waals surface area contributed by atoms with Crippen molar-refractivity contribution < 1.29 is 4.79 Å². The van der Waals surface area contributed by atoms with Crippen LogP contribution in [0.2, 0.25) is 0 Å². The largest absolute Gasteiger partial charge is 0.397 e. The van der Waals surface area contributed by atoms with Gasteiger partial charge in [0.05, 0.1) is 0 Å². The number of nitrogens with one attached hydrogen (secondary N) is 2. The van der Waals surface area contributed by atoms with Gasteiger partial charge in [0.15, 0.2) is 0 Å². The van der Waals surface area contributed by atoms with Crippen LogP contribution in [0.3, 0.4) is 0 Å². The second-order valence-electron chi connectivity index (χ2n) is 4.08. The Kier molecular flexibility index (Phi) is 3.12. The normalized spacial score (nSPS) is 18.6. The van der Waals surface area contributed by atoms with Crippen molar-refractivity contribution in [2.24, 2.45) is 0 Å². The zero-order valence-electron chi connectivity index (χ0n) is 9.36. The number of piperazine rings is 1. The number of aromatic amines is 1. The van der Waals surface area contributed by atoms with Gasteiger partial charge in [0.25, 0.3) is 5.91 Å². The topological polar surface area (TPSA) is 77.4 Å². The van der Waals surface area contributed by atoms with Crippen molar-refractivity contribution in [3.05, 3.63) is 18.0 Å². The van der Waals surface area contributed by atoms with Crippen LogP contribution in [-0.2, 0) is 0 Å². The van der Waals surface area contributed by atoms with Crippen molar-refractivity contribution >= 4 is 11.6 Å². The van der Waals surface area contributed by atoms with Gasteiger partial charge in [-0.25, -0.2) is 5.01 Å². The van der Waals surface area contributed by atoms with Crippen molar-refractivity contribution in [2.75, 3.05) is 39.0 Å². The standard InChI is InChI=1S/C10H17N5O/c1-14-2-4-15(5-3-14)13-10(16)9-6-8(11)7-12-9/h6-7,12H,2-5,11H2,1H3,(H,13,16). The summed E-state index contributed by atoms with van der Waals surface area (Å²) in [5.41, 5.74) is 9.46. The fraction of sp³-hybridized carbons (Fsp3) is 0.500. The number of nitrogens with zero attached hydrogens (tertiary/aromatic N) is 2. The number of hydrazine groups is 1. The Morgan fingerprint density at radius 1 is 1.44 bits per heavy atom. The van der Waals surface area contributed by atoms with Crippen molar-refractivity contribution in [2.45, 2.75) is 0 Å². The van der Waals surface area contributed by atoms with Gasteiger partial charge >= 0.3 is 0 Å². The molecular formula is C10H17N5O. The third-order valence-corrected chi connectivity index (χ3v) is 2.71. The van der Waals surface area contributed by atoms with Crippen LogP contribution in [0.4, 0.5) is 5.69 Å². The minimum absolute atomic E-state index is 0.138. The lowest BCUT2D eigenvalue weighted by Crippen LogP contribution is -2.52. The summed E-state index contributed by atoms with van der Waals surface area (Å²) in [7, 11) is 2.07. The number of likely N-dealkylation sites (N-methyl/N-ethyl adjacent to an activating group) is 1. The Morgan fingerprint density at radius 3 is 2.69 bits per heavy atom. The molecule has 0 radical (unpaired) electrons. The summed E-state index contributed by atoms with van der Waals surface area (Å²) in [6, 6.07) is 1.63. The maximum atomic E-state index is 11.8. The molecule has 0 aliphatic carbocycles. The Bertz CT molecular complexity index is 367. The molecule has 0 spiro atoms. The number of nitrogens with two attached hydrogens (primary N) is 1. The maximum absolute atomic E-state index is 11.8. The smallest absolute Gasteiger partial charge is 0.282 e. The summed E-state index contributed by atoms with van der Waals surface area (Å²) in [6.45, 7) is 3.62. The first-order chi connectivity index (χ1) is 7.65. The lowest BCUT2D eigenvalue weighted by atomic mass is 10.3. The Hall–Kier alpha value is -1.53. The van der Waals surface area contributed by atoms with Crippen LogP contribution in [-0.4, -0.2) is 54.0 Å². The summed E-state index contributed by atoms with van der Waals surface area (Å²) >= 11 is 0. The minimum atomic E-state index is -0.138. The highest BCUT2D eigenvalue weighted by atomic mass is 16.2. The first-order valence-electron chi connectivity index (χ1n) is 5.33. The fourth-order valence-electron chi connectivity index (χ4n) is 1.66. The maximum Gasteiger partial charge on any atom is 0.282 e. The summed E-state index contributed by atoms with van der Waals surface area (Å²) in [4.78, 5) is 16.8. The molecule has 16 heavy (non-hydrogen) atoms. The molecule has 2 heterocycles. The first kappa shape index (κ1) is 11.0. The summed E-state index contributed by atoms with van der Waals surface area (Å²) in [6.07, 6.45) is 1.61. The molecule has 6 nitrogen and oxygen atoms in total. The number of H-pyrrole nitrogens is 1. The van der Waals surface area contributed by atoms with Crippen LogP contribution in [0.5, 0.6) is 0 Å². The van der Waals surface area contributed by atoms with Gasteiger partial charge in [-0.15, -0.1) is 0 Å². The van der Waals surface area contributed by atoms with Gasteiger partial charge in [0.2, 0.25) is 0 Å². The van der Waals surface area contributed by atoms with Crippen molar-refractivity contribution in [3.8, 4) is 0 Å². The second-order valence-corrected chi connectivity index (χ2v) is 4.08. The summed E-state index contributed by atoms with van der Waals surface area (Å²) in [5, 5.41) is 1.93. The lowest BCUT2D eigenvalue weighted by Gasteiger charge is -2.32. The van der Waals surface area contributed by atoms with E-state index in [1.807, 2.05) is 5.01 Å².